The maximum Gasteiger partial charge on any atom is 0.336 e. The largest absolute Gasteiger partial charge is 0.494 e. The van der Waals surface area contributed by atoms with E-state index in [0.29, 0.717) is 18.0 Å². The van der Waals surface area contributed by atoms with Crippen molar-refractivity contribution in [2.45, 2.75) is 6.92 Å². The average molecular weight is 308 g/mol. The minimum Gasteiger partial charge on any atom is -0.494 e. The zero-order chi connectivity index (χ0) is 16.2. The van der Waals surface area contributed by atoms with Crippen LogP contribution in [0.15, 0.2) is 60.9 Å². The van der Waals surface area contributed by atoms with Gasteiger partial charge in [-0.25, -0.2) is 9.78 Å². The van der Waals surface area contributed by atoms with Gasteiger partial charge in [0, 0.05) is 23.6 Å². The van der Waals surface area contributed by atoms with E-state index in [0.717, 1.165) is 11.4 Å². The van der Waals surface area contributed by atoms with E-state index in [4.69, 9.17) is 4.74 Å². The molecule has 0 aliphatic carbocycles. The molecule has 1 heterocycles. The fourth-order valence-electron chi connectivity index (χ4n) is 2.45. The third-order valence-electron chi connectivity index (χ3n) is 3.47. The first-order valence-corrected chi connectivity index (χ1v) is 7.30. The Balaban J connectivity index is 2.05. The third kappa shape index (κ3) is 2.94. The second-order valence-corrected chi connectivity index (χ2v) is 4.90. The van der Waals surface area contributed by atoms with Crippen LogP contribution in [-0.4, -0.2) is 27.2 Å². The molecule has 0 spiro atoms. The van der Waals surface area contributed by atoms with Gasteiger partial charge in [-0.05, 0) is 37.3 Å². The van der Waals surface area contributed by atoms with Crippen LogP contribution in [0.5, 0.6) is 5.75 Å². The fraction of sp³-hybridized carbons (Fsp3) is 0.111. The van der Waals surface area contributed by atoms with Gasteiger partial charge in [-0.3, -0.25) is 4.57 Å². The molecule has 0 atom stereocenters. The molecule has 0 saturated heterocycles. The molecular weight excluding hydrogens is 292 g/mol. The minimum atomic E-state index is -0.971. The van der Waals surface area contributed by atoms with Gasteiger partial charge in [-0.1, -0.05) is 18.2 Å². The van der Waals surface area contributed by atoms with Crippen molar-refractivity contribution in [3.8, 4) is 22.8 Å². The molecule has 0 saturated carbocycles. The van der Waals surface area contributed by atoms with E-state index in [1.165, 1.54) is 0 Å². The summed E-state index contributed by atoms with van der Waals surface area (Å²) in [6, 6.07) is 14.4. The van der Waals surface area contributed by atoms with Crippen molar-refractivity contribution >= 4 is 5.97 Å². The van der Waals surface area contributed by atoms with Gasteiger partial charge in [0.1, 0.15) is 11.6 Å². The number of imidazole rings is 1. The normalized spacial score (nSPS) is 10.5. The monoisotopic (exact) mass is 308 g/mol. The minimum absolute atomic E-state index is 0.228. The first-order valence-electron chi connectivity index (χ1n) is 7.30. The molecule has 5 heteroatoms. The van der Waals surface area contributed by atoms with Crippen LogP contribution in [-0.2, 0) is 0 Å². The summed E-state index contributed by atoms with van der Waals surface area (Å²) in [5, 5.41) is 9.37. The maximum atomic E-state index is 11.4. The lowest BCUT2D eigenvalue weighted by Crippen LogP contribution is -2.03. The summed E-state index contributed by atoms with van der Waals surface area (Å²) in [5.41, 5.74) is 1.70. The number of aromatic nitrogens is 2. The molecule has 23 heavy (non-hydrogen) atoms. The first-order chi connectivity index (χ1) is 11.2. The second-order valence-electron chi connectivity index (χ2n) is 4.90. The number of carboxylic acid groups (broad SMARTS) is 1. The van der Waals surface area contributed by atoms with E-state index < -0.39 is 5.97 Å². The molecule has 0 aliphatic heterocycles. The van der Waals surface area contributed by atoms with Crippen molar-refractivity contribution in [2.24, 2.45) is 0 Å². The molecule has 3 rings (SSSR count). The van der Waals surface area contributed by atoms with E-state index in [2.05, 4.69) is 4.98 Å². The Bertz CT molecular complexity index is 822. The number of rotatable bonds is 5. The van der Waals surface area contributed by atoms with Crippen LogP contribution < -0.4 is 4.74 Å². The molecular formula is C18H16N2O3. The van der Waals surface area contributed by atoms with Gasteiger partial charge < -0.3 is 9.84 Å². The molecule has 1 aromatic heterocycles. The van der Waals surface area contributed by atoms with E-state index in [-0.39, 0.29) is 5.56 Å². The standard InChI is InChI=1S/C18H16N2O3/c1-2-23-14-9-7-13(8-10-14)20-12-11-19-17(20)15-5-3-4-6-16(15)18(21)22/h3-12H,2H2,1H3,(H,21,22). The summed E-state index contributed by atoms with van der Waals surface area (Å²) in [4.78, 5) is 15.8. The molecule has 0 amide bonds. The number of benzene rings is 2. The van der Waals surface area contributed by atoms with Crippen molar-refractivity contribution in [3.05, 3.63) is 66.5 Å². The highest BCUT2D eigenvalue weighted by Gasteiger charge is 2.15. The number of hydrogen-bond donors (Lipinski definition) is 1. The Morgan fingerprint density at radius 2 is 1.91 bits per heavy atom. The number of ether oxygens (including phenoxy) is 1. The molecule has 5 nitrogen and oxygen atoms in total. The summed E-state index contributed by atoms with van der Waals surface area (Å²) in [6.07, 6.45) is 3.47. The maximum absolute atomic E-state index is 11.4. The summed E-state index contributed by atoms with van der Waals surface area (Å²) >= 11 is 0. The van der Waals surface area contributed by atoms with Crippen LogP contribution in [0.1, 0.15) is 17.3 Å². The van der Waals surface area contributed by atoms with Crippen LogP contribution in [0.3, 0.4) is 0 Å². The number of nitrogens with zero attached hydrogens (tertiary/aromatic N) is 2. The van der Waals surface area contributed by atoms with Crippen molar-refractivity contribution in [3.63, 3.8) is 0 Å². The van der Waals surface area contributed by atoms with Crippen LogP contribution in [0.4, 0.5) is 0 Å². The quantitative estimate of drug-likeness (QED) is 0.781. The van der Waals surface area contributed by atoms with Crippen LogP contribution >= 0.6 is 0 Å². The van der Waals surface area contributed by atoms with E-state index in [1.807, 2.05) is 42.0 Å². The highest BCUT2D eigenvalue weighted by Crippen LogP contribution is 2.26. The average Bonchev–Trinajstić information content (AvgIpc) is 3.05. The Hall–Kier alpha value is -3.08. The lowest BCUT2D eigenvalue weighted by molar-refractivity contribution is 0.0697. The third-order valence-corrected chi connectivity index (χ3v) is 3.47. The number of carbonyl (C=O) groups is 1. The van der Waals surface area contributed by atoms with Crippen molar-refractivity contribution in [2.75, 3.05) is 6.61 Å². The van der Waals surface area contributed by atoms with Crippen molar-refractivity contribution in [1.29, 1.82) is 0 Å². The fourth-order valence-corrected chi connectivity index (χ4v) is 2.45. The highest BCUT2D eigenvalue weighted by molar-refractivity contribution is 5.95. The SMILES string of the molecule is CCOc1ccc(-n2ccnc2-c2ccccc2C(=O)O)cc1. The second kappa shape index (κ2) is 6.36. The lowest BCUT2D eigenvalue weighted by Gasteiger charge is -2.11. The van der Waals surface area contributed by atoms with Crippen LogP contribution in [0.25, 0.3) is 17.1 Å². The summed E-state index contributed by atoms with van der Waals surface area (Å²) in [7, 11) is 0. The van der Waals surface area contributed by atoms with Gasteiger partial charge >= 0.3 is 5.97 Å². The molecule has 0 fully saturated rings. The molecule has 3 aromatic rings. The van der Waals surface area contributed by atoms with E-state index in [9.17, 15) is 9.90 Å². The zero-order valence-electron chi connectivity index (χ0n) is 12.6. The van der Waals surface area contributed by atoms with Gasteiger partial charge in [0.25, 0.3) is 0 Å². The highest BCUT2D eigenvalue weighted by atomic mass is 16.5. The van der Waals surface area contributed by atoms with Gasteiger partial charge in [0.15, 0.2) is 0 Å². The number of carboxylic acids is 1. The zero-order valence-corrected chi connectivity index (χ0v) is 12.6. The number of hydrogen-bond acceptors (Lipinski definition) is 3. The summed E-state index contributed by atoms with van der Waals surface area (Å²) in [6.45, 7) is 2.55. The van der Waals surface area contributed by atoms with Crippen LogP contribution in [0, 0.1) is 0 Å². The predicted octanol–water partition coefficient (Wildman–Crippen LogP) is 3.64. The Kier molecular flexibility index (Phi) is 4.10. The Morgan fingerprint density at radius 1 is 1.17 bits per heavy atom. The van der Waals surface area contributed by atoms with Gasteiger partial charge in [-0.2, -0.15) is 0 Å². The van der Waals surface area contributed by atoms with Gasteiger partial charge in [0.2, 0.25) is 0 Å². The van der Waals surface area contributed by atoms with Gasteiger partial charge in [0.05, 0.1) is 12.2 Å². The Morgan fingerprint density at radius 3 is 2.61 bits per heavy atom. The molecule has 1 N–H and O–H groups in total. The molecule has 2 aromatic carbocycles. The van der Waals surface area contributed by atoms with Crippen molar-refractivity contribution < 1.29 is 14.6 Å². The molecule has 0 aliphatic rings. The smallest absolute Gasteiger partial charge is 0.336 e. The van der Waals surface area contributed by atoms with Crippen molar-refractivity contribution in [1.82, 2.24) is 9.55 Å². The van der Waals surface area contributed by atoms with Gasteiger partial charge in [-0.15, -0.1) is 0 Å². The molecule has 116 valence electrons. The first kappa shape index (κ1) is 14.8. The van der Waals surface area contributed by atoms with Crippen LogP contribution in [0.2, 0.25) is 0 Å². The molecule has 0 unspecified atom stereocenters. The predicted molar refractivity (Wildman–Crippen MR) is 87.1 cm³/mol. The topological polar surface area (TPSA) is 64.4 Å². The molecule has 0 radical (unpaired) electrons. The summed E-state index contributed by atoms with van der Waals surface area (Å²) in [5.74, 6) is 0.415. The lowest BCUT2D eigenvalue weighted by atomic mass is 10.1. The summed E-state index contributed by atoms with van der Waals surface area (Å²) < 4.78 is 7.30. The molecule has 0 bridgehead atoms. The number of aromatic carboxylic acids is 1. The van der Waals surface area contributed by atoms with E-state index in [1.54, 1.807) is 30.5 Å². The van der Waals surface area contributed by atoms with E-state index >= 15 is 0 Å². The Labute approximate surface area is 133 Å².